The number of halogens is 1. The molecule has 168 valence electrons. The number of hydrogen-bond acceptors (Lipinski definition) is 5. The fraction of sp³-hybridized carbons (Fsp3) is 0.280. The van der Waals surface area contributed by atoms with E-state index in [1.54, 1.807) is 41.1 Å². The van der Waals surface area contributed by atoms with Crippen molar-refractivity contribution in [3.05, 3.63) is 77.4 Å². The van der Waals surface area contributed by atoms with Crippen molar-refractivity contribution in [2.75, 3.05) is 18.1 Å². The van der Waals surface area contributed by atoms with Gasteiger partial charge in [-0.2, -0.15) is 10.4 Å². The number of esters is 1. The monoisotopic (exact) mass is 446 g/mol. The Morgan fingerprint density at radius 1 is 1.09 bits per heavy atom. The molecule has 0 N–H and O–H groups in total. The van der Waals surface area contributed by atoms with Gasteiger partial charge in [0, 0.05) is 23.5 Å². The van der Waals surface area contributed by atoms with Gasteiger partial charge in [0.1, 0.15) is 5.82 Å². The minimum absolute atomic E-state index is 0.157. The van der Waals surface area contributed by atoms with Crippen molar-refractivity contribution in [3.8, 4) is 11.8 Å². The molecule has 1 heterocycles. The fourth-order valence-corrected chi connectivity index (χ4v) is 4.00. The average molecular weight is 446 g/mol. The summed E-state index contributed by atoms with van der Waals surface area (Å²) < 4.78 is 20.4. The van der Waals surface area contributed by atoms with Gasteiger partial charge in [0.05, 0.1) is 18.2 Å². The van der Waals surface area contributed by atoms with Crippen LogP contribution in [-0.4, -0.2) is 34.8 Å². The standard InChI is InChI=1S/C25H23FN4O3/c26-18-11-13-20(14-12-18)30-22-10-5-4-9-21(22)24(28-30)25(32)33-17-23(31)29(16-6-15-27)19-7-2-1-3-8-19/h1-3,7-8,11-14H,4-6,9-10,16-17H2. The molecule has 0 spiro atoms. The van der Waals surface area contributed by atoms with Crippen LogP contribution >= 0.6 is 0 Å². The van der Waals surface area contributed by atoms with Gasteiger partial charge in [0.15, 0.2) is 12.3 Å². The molecule has 2 aromatic carbocycles. The number of nitrogens with zero attached hydrogens (tertiary/aromatic N) is 4. The molecule has 0 bridgehead atoms. The van der Waals surface area contributed by atoms with Crippen LogP contribution in [0.15, 0.2) is 54.6 Å². The highest BCUT2D eigenvalue weighted by Gasteiger charge is 2.27. The van der Waals surface area contributed by atoms with E-state index in [-0.39, 0.29) is 24.5 Å². The molecule has 0 unspecified atom stereocenters. The second-order valence-corrected chi connectivity index (χ2v) is 7.73. The van der Waals surface area contributed by atoms with Gasteiger partial charge in [0.2, 0.25) is 0 Å². The smallest absolute Gasteiger partial charge is 0.359 e. The predicted octanol–water partition coefficient (Wildman–Crippen LogP) is 3.99. The first kappa shape index (κ1) is 22.2. The van der Waals surface area contributed by atoms with Crippen LogP contribution in [0.5, 0.6) is 0 Å². The van der Waals surface area contributed by atoms with Gasteiger partial charge in [-0.15, -0.1) is 0 Å². The Hall–Kier alpha value is -3.99. The molecule has 0 saturated heterocycles. The Balaban J connectivity index is 1.53. The topological polar surface area (TPSA) is 88.2 Å². The van der Waals surface area contributed by atoms with Gasteiger partial charge >= 0.3 is 5.97 Å². The van der Waals surface area contributed by atoms with E-state index in [2.05, 4.69) is 5.10 Å². The fourth-order valence-electron chi connectivity index (χ4n) is 4.00. The van der Waals surface area contributed by atoms with Gasteiger partial charge in [0.25, 0.3) is 5.91 Å². The number of nitriles is 1. The Morgan fingerprint density at radius 2 is 1.82 bits per heavy atom. The number of carbonyl (C=O) groups excluding carboxylic acids is 2. The van der Waals surface area contributed by atoms with Gasteiger partial charge in [-0.05, 0) is 62.1 Å². The highest BCUT2D eigenvalue weighted by molar-refractivity contribution is 5.97. The summed E-state index contributed by atoms with van der Waals surface area (Å²) in [4.78, 5) is 27.2. The summed E-state index contributed by atoms with van der Waals surface area (Å²) in [7, 11) is 0. The zero-order valence-corrected chi connectivity index (χ0v) is 18.0. The maximum absolute atomic E-state index is 13.4. The number of anilines is 1. The van der Waals surface area contributed by atoms with Gasteiger partial charge in [-0.25, -0.2) is 13.9 Å². The lowest BCUT2D eigenvalue weighted by Crippen LogP contribution is -2.35. The molecule has 0 atom stereocenters. The molecule has 0 radical (unpaired) electrons. The molecule has 7 nitrogen and oxygen atoms in total. The molecule has 0 aliphatic heterocycles. The van der Waals surface area contributed by atoms with Crippen LogP contribution < -0.4 is 4.90 Å². The number of rotatable bonds is 7. The first-order valence-corrected chi connectivity index (χ1v) is 10.8. The highest BCUT2D eigenvalue weighted by Crippen LogP contribution is 2.27. The zero-order valence-electron chi connectivity index (χ0n) is 18.0. The van der Waals surface area contributed by atoms with Crippen LogP contribution in [-0.2, 0) is 22.4 Å². The summed E-state index contributed by atoms with van der Waals surface area (Å²) in [6.07, 6.45) is 3.49. The normalized spacial score (nSPS) is 12.5. The van der Waals surface area contributed by atoms with E-state index in [1.165, 1.54) is 17.0 Å². The summed E-state index contributed by atoms with van der Waals surface area (Å²) in [5, 5.41) is 13.4. The van der Waals surface area contributed by atoms with Gasteiger partial charge < -0.3 is 9.64 Å². The maximum atomic E-state index is 13.4. The SMILES string of the molecule is N#CCCN(C(=O)COC(=O)c1nn(-c2ccc(F)cc2)c2c1CCCC2)c1ccccc1. The lowest BCUT2D eigenvalue weighted by Gasteiger charge is -2.21. The van der Waals surface area contributed by atoms with Crippen LogP contribution in [0.4, 0.5) is 10.1 Å². The van der Waals surface area contributed by atoms with Crippen LogP contribution in [0, 0.1) is 17.1 Å². The Labute approximate surface area is 191 Å². The van der Waals surface area contributed by atoms with Crippen LogP contribution in [0.1, 0.15) is 41.0 Å². The third kappa shape index (κ3) is 4.93. The van der Waals surface area contributed by atoms with Crippen molar-refractivity contribution in [3.63, 3.8) is 0 Å². The van der Waals surface area contributed by atoms with Crippen molar-refractivity contribution < 1.29 is 18.7 Å². The van der Waals surface area contributed by atoms with Crippen LogP contribution in [0.3, 0.4) is 0 Å². The highest BCUT2D eigenvalue weighted by atomic mass is 19.1. The van der Waals surface area contributed by atoms with E-state index in [0.717, 1.165) is 30.5 Å². The van der Waals surface area contributed by atoms with E-state index in [1.807, 2.05) is 12.1 Å². The van der Waals surface area contributed by atoms with E-state index in [9.17, 15) is 14.0 Å². The second kappa shape index (κ2) is 10.1. The number of fused-ring (bicyclic) bond motifs is 1. The molecule has 3 aromatic rings. The average Bonchev–Trinajstić information content (AvgIpc) is 3.24. The molecule has 1 amide bonds. The molecular weight excluding hydrogens is 423 g/mol. The first-order valence-electron chi connectivity index (χ1n) is 10.8. The number of amides is 1. The molecule has 8 heteroatoms. The first-order chi connectivity index (χ1) is 16.1. The number of para-hydroxylation sites is 1. The number of carbonyl (C=O) groups is 2. The molecule has 0 saturated carbocycles. The number of aromatic nitrogens is 2. The Bertz CT molecular complexity index is 1180. The van der Waals surface area contributed by atoms with E-state index >= 15 is 0 Å². The number of hydrogen-bond donors (Lipinski definition) is 0. The summed E-state index contributed by atoms with van der Waals surface area (Å²) in [6, 6.07) is 16.9. The molecule has 1 aromatic heterocycles. The molecule has 1 aliphatic rings. The number of ether oxygens (including phenoxy) is 1. The minimum Gasteiger partial charge on any atom is -0.451 e. The van der Waals surface area contributed by atoms with Crippen molar-refractivity contribution in [1.29, 1.82) is 5.26 Å². The number of benzene rings is 2. The van der Waals surface area contributed by atoms with Gasteiger partial charge in [-0.3, -0.25) is 4.79 Å². The molecule has 0 fully saturated rings. The molecule has 33 heavy (non-hydrogen) atoms. The van der Waals surface area contributed by atoms with Crippen LogP contribution in [0.25, 0.3) is 5.69 Å². The molecular formula is C25H23FN4O3. The predicted molar refractivity (Wildman–Crippen MR) is 119 cm³/mol. The lowest BCUT2D eigenvalue weighted by atomic mass is 9.95. The summed E-state index contributed by atoms with van der Waals surface area (Å²) in [5.41, 5.74) is 3.20. The van der Waals surface area contributed by atoms with Crippen molar-refractivity contribution in [2.45, 2.75) is 32.1 Å². The molecule has 1 aliphatic carbocycles. The minimum atomic E-state index is -0.671. The third-order valence-electron chi connectivity index (χ3n) is 5.59. The zero-order chi connectivity index (χ0) is 23.2. The summed E-state index contributed by atoms with van der Waals surface area (Å²) in [6.45, 7) is -0.261. The van der Waals surface area contributed by atoms with Crippen molar-refractivity contribution in [1.82, 2.24) is 9.78 Å². The third-order valence-corrected chi connectivity index (χ3v) is 5.59. The van der Waals surface area contributed by atoms with Gasteiger partial charge in [-0.1, -0.05) is 18.2 Å². The Kier molecular flexibility index (Phi) is 6.79. The van der Waals surface area contributed by atoms with Crippen molar-refractivity contribution in [2.24, 2.45) is 0 Å². The summed E-state index contributed by atoms with van der Waals surface area (Å²) >= 11 is 0. The second-order valence-electron chi connectivity index (χ2n) is 7.73. The maximum Gasteiger partial charge on any atom is 0.359 e. The largest absolute Gasteiger partial charge is 0.451 e. The van der Waals surface area contributed by atoms with Crippen molar-refractivity contribution >= 4 is 17.6 Å². The molecule has 4 rings (SSSR count). The quantitative estimate of drug-likeness (QED) is 0.512. The van der Waals surface area contributed by atoms with E-state index in [4.69, 9.17) is 10.00 Å². The lowest BCUT2D eigenvalue weighted by molar-refractivity contribution is -0.121. The summed E-state index contributed by atoms with van der Waals surface area (Å²) in [5.74, 6) is -1.44. The van der Waals surface area contributed by atoms with E-state index in [0.29, 0.717) is 17.8 Å². The Morgan fingerprint density at radius 3 is 2.55 bits per heavy atom. The van der Waals surface area contributed by atoms with E-state index < -0.39 is 18.5 Å². The van der Waals surface area contributed by atoms with Crippen LogP contribution in [0.2, 0.25) is 0 Å².